The fourth-order valence-corrected chi connectivity index (χ4v) is 3.26. The fraction of sp³-hybridized carbons (Fsp3) is 0.444. The monoisotopic (exact) mass is 297 g/mol. The van der Waals surface area contributed by atoms with Crippen molar-refractivity contribution in [3.63, 3.8) is 0 Å². The Bertz CT molecular complexity index is 748. The molecule has 1 heterocycles. The lowest BCUT2D eigenvalue weighted by atomic mass is 9.88. The third-order valence-electron chi connectivity index (χ3n) is 4.49. The molecule has 4 heteroatoms. The molecule has 1 aromatic carbocycles. The molecule has 1 unspecified atom stereocenters. The molecule has 4 nitrogen and oxygen atoms in total. The summed E-state index contributed by atoms with van der Waals surface area (Å²) in [4.78, 5) is 12.5. The van der Waals surface area contributed by atoms with E-state index in [0.29, 0.717) is 12.1 Å². The van der Waals surface area contributed by atoms with Crippen LogP contribution in [0.5, 0.6) is 0 Å². The number of rotatable bonds is 3. The van der Waals surface area contributed by atoms with Crippen LogP contribution in [0.4, 0.5) is 0 Å². The van der Waals surface area contributed by atoms with Gasteiger partial charge in [0, 0.05) is 12.1 Å². The average molecular weight is 297 g/mol. The molecule has 2 aromatic rings. The second-order valence-corrected chi connectivity index (χ2v) is 6.07. The van der Waals surface area contributed by atoms with Gasteiger partial charge < -0.3 is 5.73 Å². The summed E-state index contributed by atoms with van der Waals surface area (Å²) < 4.78 is 1.49. The highest BCUT2D eigenvalue weighted by Gasteiger charge is 2.18. The Morgan fingerprint density at radius 3 is 2.68 bits per heavy atom. The van der Waals surface area contributed by atoms with E-state index in [0.717, 1.165) is 24.1 Å². The van der Waals surface area contributed by atoms with E-state index in [4.69, 9.17) is 5.73 Å². The van der Waals surface area contributed by atoms with Crippen molar-refractivity contribution < 1.29 is 0 Å². The van der Waals surface area contributed by atoms with E-state index >= 15 is 0 Å². The molecule has 0 saturated carbocycles. The highest BCUT2D eigenvalue weighted by molar-refractivity contribution is 5.38. The van der Waals surface area contributed by atoms with Crippen LogP contribution in [0.15, 0.2) is 29.1 Å². The summed E-state index contributed by atoms with van der Waals surface area (Å²) in [6, 6.07) is 7.86. The van der Waals surface area contributed by atoms with Crippen molar-refractivity contribution in [2.24, 2.45) is 5.73 Å². The Morgan fingerprint density at radius 2 is 1.95 bits per heavy atom. The molecule has 0 aliphatic heterocycles. The van der Waals surface area contributed by atoms with E-state index in [9.17, 15) is 4.79 Å². The van der Waals surface area contributed by atoms with E-state index in [2.05, 4.69) is 23.3 Å². The Hall–Kier alpha value is -1.94. The van der Waals surface area contributed by atoms with Crippen LogP contribution in [0, 0.1) is 6.92 Å². The minimum Gasteiger partial charge on any atom is -0.320 e. The van der Waals surface area contributed by atoms with E-state index in [-0.39, 0.29) is 11.6 Å². The molecule has 1 aliphatic rings. The van der Waals surface area contributed by atoms with Gasteiger partial charge in [0.1, 0.15) is 0 Å². The molecule has 0 radical (unpaired) electrons. The molecule has 1 atom stereocenters. The van der Waals surface area contributed by atoms with Crippen LogP contribution in [0.25, 0.3) is 0 Å². The average Bonchev–Trinajstić information content (AvgIpc) is 2.55. The second kappa shape index (κ2) is 6.05. The van der Waals surface area contributed by atoms with E-state index < -0.39 is 0 Å². The first-order valence-corrected chi connectivity index (χ1v) is 8.06. The van der Waals surface area contributed by atoms with Gasteiger partial charge in [0.25, 0.3) is 5.56 Å². The number of benzene rings is 1. The minimum atomic E-state index is -0.390. The standard InChI is InChI=1S/C18H23N3O/c1-3-21-18(22)16(10-12(2)20-21)17(19)15-9-8-13-6-4-5-7-14(13)11-15/h8-11,17H,3-7,19H2,1-2H3. The van der Waals surface area contributed by atoms with Crippen LogP contribution in [-0.4, -0.2) is 9.78 Å². The van der Waals surface area contributed by atoms with Crippen molar-refractivity contribution in [3.05, 3.63) is 62.6 Å². The largest absolute Gasteiger partial charge is 0.320 e. The van der Waals surface area contributed by atoms with E-state index in [1.54, 1.807) is 0 Å². The Labute approximate surface area is 131 Å². The lowest BCUT2D eigenvalue weighted by Gasteiger charge is -2.19. The molecule has 0 saturated heterocycles. The summed E-state index contributed by atoms with van der Waals surface area (Å²) in [5, 5.41) is 4.25. The topological polar surface area (TPSA) is 60.9 Å². The zero-order chi connectivity index (χ0) is 15.7. The molecule has 0 fully saturated rings. The SMILES string of the molecule is CCn1nc(C)cc(C(N)c2ccc3c(c2)CCCC3)c1=O. The first kappa shape index (κ1) is 15.0. The predicted molar refractivity (Wildman–Crippen MR) is 88.0 cm³/mol. The molecular formula is C18H23N3O. The second-order valence-electron chi connectivity index (χ2n) is 6.07. The summed E-state index contributed by atoms with van der Waals surface area (Å²) >= 11 is 0. The van der Waals surface area contributed by atoms with Crippen LogP contribution in [0.2, 0.25) is 0 Å². The number of aryl methyl sites for hydroxylation is 4. The van der Waals surface area contributed by atoms with Gasteiger partial charge in [-0.05, 0) is 62.3 Å². The van der Waals surface area contributed by atoms with Crippen molar-refractivity contribution in [3.8, 4) is 0 Å². The van der Waals surface area contributed by atoms with Crippen molar-refractivity contribution in [1.82, 2.24) is 9.78 Å². The molecule has 3 rings (SSSR count). The molecule has 0 amide bonds. The summed E-state index contributed by atoms with van der Waals surface area (Å²) in [5.74, 6) is 0. The smallest absolute Gasteiger partial charge is 0.271 e. The Kier molecular flexibility index (Phi) is 4.12. The maximum atomic E-state index is 12.5. The van der Waals surface area contributed by atoms with Crippen LogP contribution < -0.4 is 11.3 Å². The fourth-order valence-electron chi connectivity index (χ4n) is 3.26. The lowest BCUT2D eigenvalue weighted by molar-refractivity contribution is 0.591. The summed E-state index contributed by atoms with van der Waals surface area (Å²) in [5.41, 5.74) is 11.6. The molecule has 2 N–H and O–H groups in total. The zero-order valence-corrected chi connectivity index (χ0v) is 13.3. The number of aromatic nitrogens is 2. The molecule has 1 aliphatic carbocycles. The molecule has 22 heavy (non-hydrogen) atoms. The highest BCUT2D eigenvalue weighted by Crippen LogP contribution is 2.26. The van der Waals surface area contributed by atoms with Gasteiger partial charge in [0.05, 0.1) is 11.7 Å². The van der Waals surface area contributed by atoms with E-state index in [1.807, 2.05) is 19.9 Å². The number of nitrogens with zero attached hydrogens (tertiary/aromatic N) is 2. The van der Waals surface area contributed by atoms with Crippen molar-refractivity contribution in [1.29, 1.82) is 0 Å². The summed E-state index contributed by atoms with van der Waals surface area (Å²) in [6.45, 7) is 4.38. The lowest BCUT2D eigenvalue weighted by Crippen LogP contribution is -2.30. The Morgan fingerprint density at radius 1 is 1.23 bits per heavy atom. The van der Waals surface area contributed by atoms with Crippen molar-refractivity contribution in [2.45, 2.75) is 52.1 Å². The zero-order valence-electron chi connectivity index (χ0n) is 13.3. The maximum Gasteiger partial charge on any atom is 0.271 e. The van der Waals surface area contributed by atoms with Gasteiger partial charge in [-0.2, -0.15) is 5.10 Å². The summed E-state index contributed by atoms with van der Waals surface area (Å²) in [7, 11) is 0. The summed E-state index contributed by atoms with van der Waals surface area (Å²) in [6.07, 6.45) is 4.78. The third-order valence-corrected chi connectivity index (χ3v) is 4.49. The van der Waals surface area contributed by atoms with Gasteiger partial charge in [0.15, 0.2) is 0 Å². The first-order valence-electron chi connectivity index (χ1n) is 8.06. The van der Waals surface area contributed by atoms with Gasteiger partial charge in [-0.3, -0.25) is 4.79 Å². The highest BCUT2D eigenvalue weighted by atomic mass is 16.1. The number of hydrogen-bond donors (Lipinski definition) is 1. The normalized spacial score (nSPS) is 15.4. The molecular weight excluding hydrogens is 274 g/mol. The minimum absolute atomic E-state index is 0.0849. The van der Waals surface area contributed by atoms with Crippen molar-refractivity contribution >= 4 is 0 Å². The van der Waals surface area contributed by atoms with Crippen LogP contribution >= 0.6 is 0 Å². The van der Waals surface area contributed by atoms with Gasteiger partial charge >= 0.3 is 0 Å². The third kappa shape index (κ3) is 2.71. The van der Waals surface area contributed by atoms with Crippen LogP contribution in [-0.2, 0) is 19.4 Å². The Balaban J connectivity index is 2.02. The predicted octanol–water partition coefficient (Wildman–Crippen LogP) is 2.50. The number of fused-ring (bicyclic) bond motifs is 1. The quantitative estimate of drug-likeness (QED) is 0.947. The maximum absolute atomic E-state index is 12.5. The molecule has 1 aromatic heterocycles. The molecule has 116 valence electrons. The van der Waals surface area contributed by atoms with Crippen LogP contribution in [0.3, 0.4) is 0 Å². The first-order chi connectivity index (χ1) is 10.6. The molecule has 0 spiro atoms. The molecule has 0 bridgehead atoms. The van der Waals surface area contributed by atoms with Gasteiger partial charge in [-0.25, -0.2) is 4.68 Å². The van der Waals surface area contributed by atoms with Gasteiger partial charge in [0.2, 0.25) is 0 Å². The van der Waals surface area contributed by atoms with Gasteiger partial charge in [-0.15, -0.1) is 0 Å². The number of nitrogens with two attached hydrogens (primary N) is 1. The van der Waals surface area contributed by atoms with Gasteiger partial charge in [-0.1, -0.05) is 18.2 Å². The van der Waals surface area contributed by atoms with Crippen LogP contribution in [0.1, 0.15) is 53.8 Å². The van der Waals surface area contributed by atoms with Crippen molar-refractivity contribution in [2.75, 3.05) is 0 Å². The van der Waals surface area contributed by atoms with E-state index in [1.165, 1.54) is 28.7 Å². The number of hydrogen-bond acceptors (Lipinski definition) is 3.